The van der Waals surface area contributed by atoms with Crippen LogP contribution in [-0.2, 0) is 7.05 Å². The van der Waals surface area contributed by atoms with Gasteiger partial charge >= 0.3 is 5.97 Å². The third kappa shape index (κ3) is 2.62. The van der Waals surface area contributed by atoms with Crippen LogP contribution in [0.3, 0.4) is 0 Å². The van der Waals surface area contributed by atoms with Crippen molar-refractivity contribution in [2.75, 3.05) is 5.32 Å². The zero-order chi connectivity index (χ0) is 14.0. The van der Waals surface area contributed by atoms with Gasteiger partial charge in [-0.2, -0.15) is 5.10 Å². The Hall–Kier alpha value is -2.63. The second-order valence-electron chi connectivity index (χ2n) is 4.16. The Morgan fingerprint density at radius 1 is 1.26 bits per heavy atom. The van der Waals surface area contributed by atoms with E-state index >= 15 is 0 Å². The maximum Gasteiger partial charge on any atom is 0.341 e. The molecule has 1 heterocycles. The normalized spacial score (nSPS) is 10.2. The van der Waals surface area contributed by atoms with E-state index in [0.29, 0.717) is 5.56 Å². The molecule has 0 fully saturated rings. The van der Waals surface area contributed by atoms with Crippen molar-refractivity contribution in [3.8, 4) is 0 Å². The number of hydrogen-bond acceptors (Lipinski definition) is 3. The van der Waals surface area contributed by atoms with Crippen LogP contribution in [0.25, 0.3) is 0 Å². The summed E-state index contributed by atoms with van der Waals surface area (Å²) in [6.45, 7) is 1.92. The van der Waals surface area contributed by atoms with Crippen molar-refractivity contribution in [3.05, 3.63) is 47.2 Å². The van der Waals surface area contributed by atoms with E-state index in [1.807, 2.05) is 19.1 Å². The smallest absolute Gasteiger partial charge is 0.341 e. The molecule has 0 saturated carbocycles. The predicted molar refractivity (Wildman–Crippen MR) is 69.3 cm³/mol. The summed E-state index contributed by atoms with van der Waals surface area (Å²) in [4.78, 5) is 23.0. The molecule has 0 aliphatic heterocycles. The SMILES string of the molecule is Cc1ccc(C(=O)Nc2c(C(=O)O)cnn2C)cc1. The third-order valence-corrected chi connectivity index (χ3v) is 2.71. The van der Waals surface area contributed by atoms with Crippen LogP contribution in [0.2, 0.25) is 0 Å². The lowest BCUT2D eigenvalue weighted by molar-refractivity contribution is 0.0698. The van der Waals surface area contributed by atoms with Crippen molar-refractivity contribution in [3.63, 3.8) is 0 Å². The molecule has 0 radical (unpaired) electrons. The topological polar surface area (TPSA) is 84.2 Å². The van der Waals surface area contributed by atoms with Crippen molar-refractivity contribution in [2.24, 2.45) is 7.05 Å². The average Bonchev–Trinajstić information content (AvgIpc) is 2.72. The Morgan fingerprint density at radius 2 is 1.89 bits per heavy atom. The number of rotatable bonds is 3. The summed E-state index contributed by atoms with van der Waals surface area (Å²) in [6, 6.07) is 7.00. The third-order valence-electron chi connectivity index (χ3n) is 2.71. The van der Waals surface area contributed by atoms with Crippen molar-refractivity contribution in [2.45, 2.75) is 6.92 Å². The molecule has 0 aliphatic rings. The molecule has 1 aromatic carbocycles. The lowest BCUT2D eigenvalue weighted by Gasteiger charge is -2.07. The maximum atomic E-state index is 12.0. The summed E-state index contributed by atoms with van der Waals surface area (Å²) in [7, 11) is 1.57. The Kier molecular flexibility index (Phi) is 3.33. The molecule has 0 spiro atoms. The molecular formula is C13H13N3O3. The minimum Gasteiger partial charge on any atom is -0.477 e. The van der Waals surface area contributed by atoms with Crippen LogP contribution in [0.4, 0.5) is 5.82 Å². The first-order chi connectivity index (χ1) is 8.99. The van der Waals surface area contributed by atoms with Gasteiger partial charge in [-0.25, -0.2) is 4.79 Å². The first-order valence-electron chi connectivity index (χ1n) is 5.62. The minimum atomic E-state index is -1.13. The number of nitrogens with one attached hydrogen (secondary N) is 1. The fourth-order valence-corrected chi connectivity index (χ4v) is 1.63. The van der Waals surface area contributed by atoms with Gasteiger partial charge in [-0.05, 0) is 19.1 Å². The molecule has 0 aliphatic carbocycles. The summed E-state index contributed by atoms with van der Waals surface area (Å²) >= 11 is 0. The van der Waals surface area contributed by atoms with Gasteiger partial charge in [0.1, 0.15) is 11.4 Å². The van der Waals surface area contributed by atoms with Gasteiger partial charge < -0.3 is 10.4 Å². The number of hydrogen-bond donors (Lipinski definition) is 2. The van der Waals surface area contributed by atoms with Crippen LogP contribution in [0.15, 0.2) is 30.5 Å². The molecule has 6 heteroatoms. The summed E-state index contributed by atoms with van der Waals surface area (Å²) in [5, 5.41) is 15.4. The second-order valence-corrected chi connectivity index (χ2v) is 4.16. The highest BCUT2D eigenvalue weighted by Crippen LogP contribution is 2.15. The molecular weight excluding hydrogens is 246 g/mol. The Labute approximate surface area is 109 Å². The van der Waals surface area contributed by atoms with Crippen LogP contribution < -0.4 is 5.32 Å². The molecule has 98 valence electrons. The van der Waals surface area contributed by atoms with Crippen LogP contribution in [0, 0.1) is 6.92 Å². The van der Waals surface area contributed by atoms with E-state index in [4.69, 9.17) is 5.11 Å². The van der Waals surface area contributed by atoms with Crippen molar-refractivity contribution in [1.29, 1.82) is 0 Å². The second kappa shape index (κ2) is 4.93. The lowest BCUT2D eigenvalue weighted by Crippen LogP contribution is -2.16. The summed E-state index contributed by atoms with van der Waals surface area (Å²) in [5.41, 5.74) is 1.47. The zero-order valence-corrected chi connectivity index (χ0v) is 10.5. The first-order valence-corrected chi connectivity index (χ1v) is 5.62. The molecule has 2 aromatic rings. The van der Waals surface area contributed by atoms with Crippen LogP contribution in [0.5, 0.6) is 0 Å². The van der Waals surface area contributed by atoms with Gasteiger partial charge in [0.15, 0.2) is 0 Å². The summed E-state index contributed by atoms with van der Waals surface area (Å²) in [6.07, 6.45) is 1.20. The van der Waals surface area contributed by atoms with Gasteiger partial charge in [0.2, 0.25) is 0 Å². The van der Waals surface area contributed by atoms with Crippen LogP contribution >= 0.6 is 0 Å². The van der Waals surface area contributed by atoms with E-state index in [0.717, 1.165) is 5.56 Å². The molecule has 0 saturated heterocycles. The quantitative estimate of drug-likeness (QED) is 0.878. The van der Waals surface area contributed by atoms with Crippen LogP contribution in [-0.4, -0.2) is 26.8 Å². The number of nitrogens with zero attached hydrogens (tertiary/aromatic N) is 2. The van der Waals surface area contributed by atoms with E-state index in [1.54, 1.807) is 19.2 Å². The highest BCUT2D eigenvalue weighted by Gasteiger charge is 2.17. The number of anilines is 1. The molecule has 0 unspecified atom stereocenters. The predicted octanol–water partition coefficient (Wildman–Crippen LogP) is 1.68. The molecule has 0 bridgehead atoms. The number of aromatic carboxylic acids is 1. The summed E-state index contributed by atoms with van der Waals surface area (Å²) in [5.74, 6) is -1.34. The molecule has 2 rings (SSSR count). The van der Waals surface area contributed by atoms with Crippen molar-refractivity contribution in [1.82, 2.24) is 9.78 Å². The fraction of sp³-hybridized carbons (Fsp3) is 0.154. The number of amides is 1. The summed E-state index contributed by atoms with van der Waals surface area (Å²) < 4.78 is 1.32. The van der Waals surface area contributed by atoms with Gasteiger partial charge in [-0.15, -0.1) is 0 Å². The average molecular weight is 259 g/mol. The molecule has 1 amide bonds. The number of aryl methyl sites for hydroxylation is 2. The number of aromatic nitrogens is 2. The molecule has 2 N–H and O–H groups in total. The monoisotopic (exact) mass is 259 g/mol. The number of carbonyl (C=O) groups is 2. The zero-order valence-electron chi connectivity index (χ0n) is 10.5. The van der Waals surface area contributed by atoms with Crippen LogP contribution in [0.1, 0.15) is 26.3 Å². The lowest BCUT2D eigenvalue weighted by atomic mass is 10.1. The van der Waals surface area contributed by atoms with Gasteiger partial charge in [0.25, 0.3) is 5.91 Å². The standard InChI is InChI=1S/C13H13N3O3/c1-8-3-5-9(6-4-8)12(17)15-11-10(13(18)19)7-14-16(11)2/h3-7H,1-2H3,(H,15,17)(H,18,19). The maximum absolute atomic E-state index is 12.0. The number of benzene rings is 1. The van der Waals surface area contributed by atoms with E-state index in [9.17, 15) is 9.59 Å². The first kappa shape index (κ1) is 12.8. The van der Waals surface area contributed by atoms with Gasteiger partial charge in [-0.3, -0.25) is 9.48 Å². The minimum absolute atomic E-state index is 0.0389. The van der Waals surface area contributed by atoms with E-state index in [2.05, 4.69) is 10.4 Å². The van der Waals surface area contributed by atoms with E-state index < -0.39 is 5.97 Å². The van der Waals surface area contributed by atoms with Crippen molar-refractivity contribution < 1.29 is 14.7 Å². The fourth-order valence-electron chi connectivity index (χ4n) is 1.63. The Bertz CT molecular complexity index is 629. The van der Waals surface area contributed by atoms with Gasteiger partial charge in [0.05, 0.1) is 6.20 Å². The number of carboxylic acid groups (broad SMARTS) is 1. The highest BCUT2D eigenvalue weighted by molar-refractivity contribution is 6.06. The Morgan fingerprint density at radius 3 is 2.47 bits per heavy atom. The van der Waals surface area contributed by atoms with Gasteiger partial charge in [-0.1, -0.05) is 17.7 Å². The highest BCUT2D eigenvalue weighted by atomic mass is 16.4. The molecule has 19 heavy (non-hydrogen) atoms. The largest absolute Gasteiger partial charge is 0.477 e. The number of carboxylic acids is 1. The van der Waals surface area contributed by atoms with Gasteiger partial charge in [0, 0.05) is 12.6 Å². The molecule has 6 nitrogen and oxygen atoms in total. The van der Waals surface area contributed by atoms with E-state index in [-0.39, 0.29) is 17.3 Å². The molecule has 0 atom stereocenters. The Balaban J connectivity index is 2.26. The van der Waals surface area contributed by atoms with E-state index in [1.165, 1.54) is 10.9 Å². The van der Waals surface area contributed by atoms with Crippen molar-refractivity contribution >= 4 is 17.7 Å². The molecule has 1 aromatic heterocycles. The number of carbonyl (C=O) groups excluding carboxylic acids is 1.